The summed E-state index contributed by atoms with van der Waals surface area (Å²) in [5.41, 5.74) is 3.78. The maximum Gasteiger partial charge on any atom is 0.315 e. The van der Waals surface area contributed by atoms with Crippen LogP contribution in [0.3, 0.4) is 0 Å². The summed E-state index contributed by atoms with van der Waals surface area (Å²) in [6.45, 7) is 3.93. The van der Waals surface area contributed by atoms with Crippen molar-refractivity contribution in [2.75, 3.05) is 0 Å². The number of carboxylic acid groups (broad SMARTS) is 1. The molecule has 18 heavy (non-hydrogen) atoms. The van der Waals surface area contributed by atoms with Crippen LogP contribution in [0.1, 0.15) is 28.2 Å². The Bertz CT molecular complexity index is 559. The summed E-state index contributed by atoms with van der Waals surface area (Å²) < 4.78 is 0. The Morgan fingerprint density at radius 3 is 2.33 bits per heavy atom. The molecule has 0 aliphatic heterocycles. The van der Waals surface area contributed by atoms with E-state index in [1.165, 1.54) is 0 Å². The second-order valence-electron chi connectivity index (χ2n) is 4.54. The maximum absolute atomic E-state index is 11.6. The molecule has 0 spiro atoms. The molecule has 1 atom stereocenters. The van der Waals surface area contributed by atoms with Gasteiger partial charge in [-0.05, 0) is 30.5 Å². The molecule has 0 amide bonds. The van der Waals surface area contributed by atoms with Crippen LogP contribution in [0.25, 0.3) is 0 Å². The molecule has 0 bridgehead atoms. The molecule has 2 heteroatoms. The number of benzene rings is 2. The van der Waals surface area contributed by atoms with Crippen molar-refractivity contribution >= 4 is 5.97 Å². The molecule has 2 nitrogen and oxygen atoms in total. The Morgan fingerprint density at radius 2 is 1.72 bits per heavy atom. The van der Waals surface area contributed by atoms with E-state index in [1.54, 1.807) is 0 Å². The highest BCUT2D eigenvalue weighted by molar-refractivity contribution is 5.81. The van der Waals surface area contributed by atoms with Crippen molar-refractivity contribution in [3.05, 3.63) is 70.8 Å². The number of hydrogen-bond donors (Lipinski definition) is 1. The van der Waals surface area contributed by atoms with E-state index in [1.807, 2.05) is 62.4 Å². The van der Waals surface area contributed by atoms with Gasteiger partial charge in [0.05, 0.1) is 0 Å². The Balaban J connectivity index is 2.55. The Kier molecular flexibility index (Phi) is 3.47. The van der Waals surface area contributed by atoms with Gasteiger partial charge in [0.1, 0.15) is 5.92 Å². The molecule has 2 rings (SSSR count). The number of aliphatic carboxylic acids is 1. The van der Waals surface area contributed by atoms with Crippen molar-refractivity contribution in [3.8, 4) is 0 Å². The van der Waals surface area contributed by atoms with Crippen molar-refractivity contribution in [2.45, 2.75) is 19.8 Å². The molecule has 0 aromatic heterocycles. The van der Waals surface area contributed by atoms with Crippen molar-refractivity contribution < 1.29 is 9.90 Å². The molecular formula is C16H16O2. The van der Waals surface area contributed by atoms with Gasteiger partial charge in [0, 0.05) is 0 Å². The smallest absolute Gasteiger partial charge is 0.315 e. The summed E-state index contributed by atoms with van der Waals surface area (Å²) in [7, 11) is 0. The summed E-state index contributed by atoms with van der Waals surface area (Å²) in [4.78, 5) is 11.6. The first-order valence-corrected chi connectivity index (χ1v) is 5.94. The standard InChI is InChI=1S/C16H16O2/c1-11-8-9-12(2)14(10-11)15(16(17)18)13-6-4-3-5-7-13/h3-10,15H,1-2H3,(H,17,18). The number of rotatable bonds is 3. The maximum atomic E-state index is 11.6. The van der Waals surface area contributed by atoms with Crippen molar-refractivity contribution in [1.82, 2.24) is 0 Å². The average molecular weight is 240 g/mol. The summed E-state index contributed by atoms with van der Waals surface area (Å²) in [6.07, 6.45) is 0. The van der Waals surface area contributed by atoms with Gasteiger partial charge in [-0.25, -0.2) is 0 Å². The quantitative estimate of drug-likeness (QED) is 0.891. The SMILES string of the molecule is Cc1ccc(C)c(C(C(=O)O)c2ccccc2)c1. The summed E-state index contributed by atoms with van der Waals surface area (Å²) >= 11 is 0. The zero-order valence-electron chi connectivity index (χ0n) is 10.6. The first kappa shape index (κ1) is 12.4. The van der Waals surface area contributed by atoms with E-state index in [0.717, 1.165) is 22.3 Å². The van der Waals surface area contributed by atoms with E-state index in [2.05, 4.69) is 0 Å². The van der Waals surface area contributed by atoms with Gasteiger partial charge < -0.3 is 5.11 Å². The summed E-state index contributed by atoms with van der Waals surface area (Å²) in [5.74, 6) is -1.40. The van der Waals surface area contributed by atoms with Gasteiger partial charge in [-0.1, -0.05) is 54.1 Å². The van der Waals surface area contributed by atoms with E-state index >= 15 is 0 Å². The lowest BCUT2D eigenvalue weighted by Crippen LogP contribution is -2.14. The van der Waals surface area contributed by atoms with Gasteiger partial charge in [-0.15, -0.1) is 0 Å². The van der Waals surface area contributed by atoms with E-state index in [0.29, 0.717) is 0 Å². The van der Waals surface area contributed by atoms with Crippen molar-refractivity contribution in [1.29, 1.82) is 0 Å². The zero-order valence-corrected chi connectivity index (χ0v) is 10.6. The number of carboxylic acids is 1. The molecular weight excluding hydrogens is 224 g/mol. The molecule has 0 fully saturated rings. The molecule has 1 unspecified atom stereocenters. The van der Waals surface area contributed by atoms with Crippen LogP contribution in [0.5, 0.6) is 0 Å². The third kappa shape index (κ3) is 2.43. The van der Waals surface area contributed by atoms with Crippen LogP contribution in [-0.2, 0) is 4.79 Å². The zero-order chi connectivity index (χ0) is 13.1. The molecule has 0 saturated carbocycles. The average Bonchev–Trinajstić information content (AvgIpc) is 2.35. The second kappa shape index (κ2) is 5.05. The van der Waals surface area contributed by atoms with Crippen LogP contribution in [0.15, 0.2) is 48.5 Å². The molecule has 2 aromatic rings. The lowest BCUT2D eigenvalue weighted by molar-refractivity contribution is -0.137. The molecule has 1 N–H and O–H groups in total. The highest BCUT2D eigenvalue weighted by Gasteiger charge is 2.23. The minimum Gasteiger partial charge on any atom is -0.481 e. The molecule has 0 aliphatic carbocycles. The van der Waals surface area contributed by atoms with Gasteiger partial charge in [0.15, 0.2) is 0 Å². The van der Waals surface area contributed by atoms with E-state index in [9.17, 15) is 9.90 Å². The van der Waals surface area contributed by atoms with Gasteiger partial charge in [-0.2, -0.15) is 0 Å². The predicted molar refractivity (Wildman–Crippen MR) is 71.8 cm³/mol. The Morgan fingerprint density at radius 1 is 1.06 bits per heavy atom. The van der Waals surface area contributed by atoms with Gasteiger partial charge in [-0.3, -0.25) is 4.79 Å². The van der Waals surface area contributed by atoms with Crippen molar-refractivity contribution in [3.63, 3.8) is 0 Å². The van der Waals surface area contributed by atoms with E-state index in [4.69, 9.17) is 0 Å². The molecule has 0 aliphatic rings. The number of carbonyl (C=O) groups is 1. The normalized spacial score (nSPS) is 12.1. The van der Waals surface area contributed by atoms with Crippen LogP contribution >= 0.6 is 0 Å². The fourth-order valence-electron chi connectivity index (χ4n) is 2.17. The highest BCUT2D eigenvalue weighted by Crippen LogP contribution is 2.28. The van der Waals surface area contributed by atoms with E-state index in [-0.39, 0.29) is 0 Å². The third-order valence-electron chi connectivity index (χ3n) is 3.13. The van der Waals surface area contributed by atoms with E-state index < -0.39 is 11.9 Å². The molecule has 0 heterocycles. The fourth-order valence-corrected chi connectivity index (χ4v) is 2.17. The van der Waals surface area contributed by atoms with Crippen LogP contribution in [0.4, 0.5) is 0 Å². The fraction of sp³-hybridized carbons (Fsp3) is 0.188. The summed E-state index contributed by atoms with van der Waals surface area (Å²) in [6, 6.07) is 15.3. The van der Waals surface area contributed by atoms with Crippen LogP contribution in [-0.4, -0.2) is 11.1 Å². The lowest BCUT2D eigenvalue weighted by atomic mass is 9.88. The molecule has 92 valence electrons. The van der Waals surface area contributed by atoms with Gasteiger partial charge in [0.2, 0.25) is 0 Å². The summed E-state index contributed by atoms with van der Waals surface area (Å²) in [5, 5.41) is 9.50. The van der Waals surface area contributed by atoms with Crippen LogP contribution < -0.4 is 0 Å². The molecule has 0 saturated heterocycles. The minimum absolute atomic E-state index is 0.592. The topological polar surface area (TPSA) is 37.3 Å². The largest absolute Gasteiger partial charge is 0.481 e. The lowest BCUT2D eigenvalue weighted by Gasteiger charge is -2.16. The van der Waals surface area contributed by atoms with Gasteiger partial charge >= 0.3 is 5.97 Å². The third-order valence-corrected chi connectivity index (χ3v) is 3.13. The molecule has 0 radical (unpaired) electrons. The van der Waals surface area contributed by atoms with Gasteiger partial charge in [0.25, 0.3) is 0 Å². The number of aryl methyl sites for hydroxylation is 2. The Hall–Kier alpha value is -2.09. The first-order valence-electron chi connectivity index (χ1n) is 5.94. The minimum atomic E-state index is -0.810. The highest BCUT2D eigenvalue weighted by atomic mass is 16.4. The molecule has 2 aromatic carbocycles. The van der Waals surface area contributed by atoms with Crippen LogP contribution in [0.2, 0.25) is 0 Å². The predicted octanol–water partition coefficient (Wildman–Crippen LogP) is 3.52. The number of hydrogen-bond acceptors (Lipinski definition) is 1. The monoisotopic (exact) mass is 240 g/mol. The van der Waals surface area contributed by atoms with Crippen LogP contribution in [0, 0.1) is 13.8 Å². The van der Waals surface area contributed by atoms with Crippen molar-refractivity contribution in [2.24, 2.45) is 0 Å². The second-order valence-corrected chi connectivity index (χ2v) is 4.54. The first-order chi connectivity index (χ1) is 8.59. The Labute approximate surface area is 107 Å².